The van der Waals surface area contributed by atoms with Gasteiger partial charge in [0.2, 0.25) is 0 Å². The number of likely N-dealkylation sites (N-methyl/N-ethyl adjacent to an activating group) is 1. The lowest BCUT2D eigenvalue weighted by Crippen LogP contribution is -2.36. The molecule has 2 aromatic rings. The van der Waals surface area contributed by atoms with Crippen molar-refractivity contribution in [2.45, 2.75) is 12.0 Å². The Hall–Kier alpha value is -1.39. The number of alkyl halides is 1. The average Bonchev–Trinajstić information content (AvgIpc) is 2.82. The molecule has 0 fully saturated rings. The van der Waals surface area contributed by atoms with Crippen molar-refractivity contribution >= 4 is 11.0 Å². The van der Waals surface area contributed by atoms with Gasteiger partial charge < -0.3 is 14.8 Å². The number of hydrogen-bond acceptors (Lipinski definition) is 3. The lowest BCUT2D eigenvalue weighted by atomic mass is 9.92. The highest BCUT2D eigenvalue weighted by Gasteiger charge is 2.21. The van der Waals surface area contributed by atoms with Gasteiger partial charge in [-0.15, -0.1) is 0 Å². The largest absolute Gasteiger partial charge is 0.464 e. The highest BCUT2D eigenvalue weighted by Crippen LogP contribution is 2.25. The van der Waals surface area contributed by atoms with Crippen LogP contribution in [0.1, 0.15) is 11.5 Å². The molecule has 1 aromatic carbocycles. The summed E-state index contributed by atoms with van der Waals surface area (Å²) in [5.41, 5.74) is 1.58. The van der Waals surface area contributed by atoms with Crippen LogP contribution in [0.15, 0.2) is 34.9 Å². The molecule has 2 atom stereocenters. The van der Waals surface area contributed by atoms with Crippen LogP contribution in [0.25, 0.3) is 11.0 Å². The van der Waals surface area contributed by atoms with E-state index in [1.165, 1.54) is 0 Å². The van der Waals surface area contributed by atoms with Crippen molar-refractivity contribution in [2.24, 2.45) is 0 Å². The van der Waals surface area contributed by atoms with Crippen LogP contribution in [0.3, 0.4) is 0 Å². The second-order valence-corrected chi connectivity index (χ2v) is 4.06. The summed E-state index contributed by atoms with van der Waals surface area (Å²) >= 11 is 0. The maximum absolute atomic E-state index is 13.1. The fourth-order valence-electron chi connectivity index (χ4n) is 2.05. The van der Waals surface area contributed by atoms with E-state index in [-0.39, 0.29) is 18.6 Å². The average molecular weight is 237 g/mol. The fourth-order valence-corrected chi connectivity index (χ4v) is 2.05. The van der Waals surface area contributed by atoms with Gasteiger partial charge in [-0.25, -0.2) is 0 Å². The number of furan rings is 1. The molecule has 0 aliphatic rings. The predicted molar refractivity (Wildman–Crippen MR) is 64.9 cm³/mol. The first-order valence-corrected chi connectivity index (χ1v) is 5.61. The van der Waals surface area contributed by atoms with Crippen molar-refractivity contribution in [2.75, 3.05) is 20.3 Å². The lowest BCUT2D eigenvalue weighted by molar-refractivity contribution is 0.215. The van der Waals surface area contributed by atoms with E-state index in [4.69, 9.17) is 4.42 Å². The number of nitrogens with one attached hydrogen (secondary N) is 1. The normalized spacial score (nSPS) is 15.0. The third-order valence-corrected chi connectivity index (χ3v) is 3.13. The Bertz CT molecular complexity index is 479. The molecule has 3 nitrogen and oxygen atoms in total. The van der Waals surface area contributed by atoms with Crippen molar-refractivity contribution in [1.29, 1.82) is 0 Å². The molecule has 0 spiro atoms. The van der Waals surface area contributed by atoms with Gasteiger partial charge in [-0.1, -0.05) is 12.1 Å². The molecular formula is C13H16FNO2. The number of halogens is 1. The number of fused-ring (bicyclic) bond motifs is 1. The summed E-state index contributed by atoms with van der Waals surface area (Å²) in [5, 5.41) is 13.1. The second kappa shape index (κ2) is 5.29. The number of hydrogen-bond donors (Lipinski definition) is 2. The predicted octanol–water partition coefficient (Wildman–Crippen LogP) is 2.07. The Morgan fingerprint density at radius 3 is 2.88 bits per heavy atom. The molecule has 0 aliphatic carbocycles. The Morgan fingerprint density at radius 2 is 2.24 bits per heavy atom. The molecule has 0 radical (unpaired) electrons. The van der Waals surface area contributed by atoms with Gasteiger partial charge in [0.05, 0.1) is 19.5 Å². The third-order valence-electron chi connectivity index (χ3n) is 3.13. The van der Waals surface area contributed by atoms with Gasteiger partial charge in [0.15, 0.2) is 0 Å². The van der Waals surface area contributed by atoms with Crippen LogP contribution in [0, 0.1) is 0 Å². The molecule has 2 rings (SSSR count). The monoisotopic (exact) mass is 237 g/mol. The lowest BCUT2D eigenvalue weighted by Gasteiger charge is -2.22. The highest BCUT2D eigenvalue weighted by atomic mass is 19.1. The van der Waals surface area contributed by atoms with Crippen LogP contribution in [-0.2, 0) is 0 Å². The van der Waals surface area contributed by atoms with Crippen LogP contribution in [0.4, 0.5) is 4.39 Å². The Balaban J connectivity index is 2.34. The van der Waals surface area contributed by atoms with E-state index in [1.807, 2.05) is 24.3 Å². The van der Waals surface area contributed by atoms with Gasteiger partial charge in [0.1, 0.15) is 5.58 Å². The van der Waals surface area contributed by atoms with Crippen LogP contribution in [-0.4, -0.2) is 31.5 Å². The van der Waals surface area contributed by atoms with Crippen molar-refractivity contribution in [3.05, 3.63) is 36.1 Å². The summed E-state index contributed by atoms with van der Waals surface area (Å²) < 4.78 is 18.4. The second-order valence-electron chi connectivity index (χ2n) is 4.06. The maximum atomic E-state index is 13.1. The molecule has 17 heavy (non-hydrogen) atoms. The smallest absolute Gasteiger partial charge is 0.134 e. The van der Waals surface area contributed by atoms with Crippen LogP contribution < -0.4 is 5.32 Å². The topological polar surface area (TPSA) is 45.4 Å². The minimum Gasteiger partial charge on any atom is -0.464 e. The molecule has 1 unspecified atom stereocenters. The van der Waals surface area contributed by atoms with E-state index >= 15 is 0 Å². The van der Waals surface area contributed by atoms with Gasteiger partial charge in [0.25, 0.3) is 0 Å². The molecule has 1 aromatic heterocycles. The minimum absolute atomic E-state index is 0.0960. The van der Waals surface area contributed by atoms with Gasteiger partial charge >= 0.3 is 0 Å². The molecular weight excluding hydrogens is 221 g/mol. The summed E-state index contributed by atoms with van der Waals surface area (Å²) in [6, 6.07) is 7.20. The van der Waals surface area contributed by atoms with Gasteiger partial charge in [-0.05, 0) is 24.7 Å². The van der Waals surface area contributed by atoms with E-state index in [0.29, 0.717) is 0 Å². The summed E-state index contributed by atoms with van der Waals surface area (Å²) in [4.78, 5) is 0. The van der Waals surface area contributed by atoms with E-state index in [0.717, 1.165) is 16.5 Å². The summed E-state index contributed by atoms with van der Waals surface area (Å²) in [5.74, 6) is -0.362. The highest BCUT2D eigenvalue weighted by molar-refractivity contribution is 5.77. The SMILES string of the molecule is CN[C@@H](CO)C(CF)c1ccc2ccoc2c1. The van der Waals surface area contributed by atoms with E-state index in [2.05, 4.69) is 5.32 Å². The summed E-state index contributed by atoms with van der Waals surface area (Å²) in [7, 11) is 1.72. The zero-order valence-corrected chi connectivity index (χ0v) is 9.69. The van der Waals surface area contributed by atoms with Crippen LogP contribution >= 0.6 is 0 Å². The van der Waals surface area contributed by atoms with Crippen LogP contribution in [0.5, 0.6) is 0 Å². The number of rotatable bonds is 5. The first-order valence-electron chi connectivity index (χ1n) is 5.61. The molecule has 0 saturated heterocycles. The third kappa shape index (κ3) is 2.33. The molecule has 92 valence electrons. The van der Waals surface area contributed by atoms with E-state index < -0.39 is 6.67 Å². The van der Waals surface area contributed by atoms with Crippen molar-refractivity contribution in [3.8, 4) is 0 Å². The first kappa shape index (κ1) is 12.1. The Kier molecular flexibility index (Phi) is 3.76. The van der Waals surface area contributed by atoms with Gasteiger partial charge in [-0.3, -0.25) is 4.39 Å². The first-order chi connectivity index (χ1) is 8.30. The fraction of sp³-hybridized carbons (Fsp3) is 0.385. The van der Waals surface area contributed by atoms with Crippen molar-refractivity contribution < 1.29 is 13.9 Å². The summed E-state index contributed by atoms with van der Waals surface area (Å²) in [6.45, 7) is -0.612. The van der Waals surface area contributed by atoms with Crippen LogP contribution in [0.2, 0.25) is 0 Å². The number of aliphatic hydroxyl groups is 1. The van der Waals surface area contributed by atoms with Gasteiger partial charge in [-0.2, -0.15) is 0 Å². The molecule has 4 heteroatoms. The molecule has 1 heterocycles. The van der Waals surface area contributed by atoms with Gasteiger partial charge in [0, 0.05) is 17.3 Å². The zero-order valence-electron chi connectivity index (χ0n) is 9.69. The molecule has 0 bridgehead atoms. The molecule has 2 N–H and O–H groups in total. The number of aliphatic hydroxyl groups excluding tert-OH is 1. The Labute approximate surface area is 99.2 Å². The van der Waals surface area contributed by atoms with E-state index in [1.54, 1.807) is 13.3 Å². The standard InChI is InChI=1S/C13H16FNO2/c1-15-12(8-16)11(7-14)10-3-2-9-4-5-17-13(9)6-10/h2-6,11-12,15-16H,7-8H2,1H3/t11?,12-/m0/s1. The zero-order chi connectivity index (χ0) is 12.3. The molecule has 0 amide bonds. The quantitative estimate of drug-likeness (QED) is 0.836. The molecule has 0 aliphatic heterocycles. The molecule has 0 saturated carbocycles. The summed E-state index contributed by atoms with van der Waals surface area (Å²) in [6.07, 6.45) is 1.61. The maximum Gasteiger partial charge on any atom is 0.134 e. The van der Waals surface area contributed by atoms with E-state index in [9.17, 15) is 9.50 Å². The number of benzene rings is 1. The van der Waals surface area contributed by atoms with Crippen molar-refractivity contribution in [3.63, 3.8) is 0 Å². The Morgan fingerprint density at radius 1 is 1.41 bits per heavy atom. The minimum atomic E-state index is -0.516. The van der Waals surface area contributed by atoms with Crippen molar-refractivity contribution in [1.82, 2.24) is 5.32 Å².